The summed E-state index contributed by atoms with van der Waals surface area (Å²) in [7, 11) is 2.21. The Morgan fingerprint density at radius 1 is 1.35 bits per heavy atom. The van der Waals surface area contributed by atoms with Gasteiger partial charge in [-0.3, -0.25) is 4.90 Å². The highest BCUT2D eigenvalue weighted by atomic mass is 32.1. The van der Waals surface area contributed by atoms with Crippen molar-refractivity contribution in [2.45, 2.75) is 18.9 Å². The third-order valence-electron chi connectivity index (χ3n) is 3.53. The molecule has 1 aromatic rings. The Bertz CT molecular complexity index is 304. The molecule has 96 valence electrons. The molecule has 1 fully saturated rings. The van der Waals surface area contributed by atoms with Crippen molar-refractivity contribution in [2.75, 3.05) is 39.8 Å². The van der Waals surface area contributed by atoms with Crippen molar-refractivity contribution >= 4 is 11.3 Å². The van der Waals surface area contributed by atoms with Crippen LogP contribution in [0.2, 0.25) is 0 Å². The third-order valence-corrected chi connectivity index (χ3v) is 4.51. The van der Waals surface area contributed by atoms with Gasteiger partial charge in [-0.2, -0.15) is 0 Å². The van der Waals surface area contributed by atoms with Crippen LogP contribution in [0.15, 0.2) is 17.5 Å². The van der Waals surface area contributed by atoms with E-state index in [-0.39, 0.29) is 0 Å². The van der Waals surface area contributed by atoms with Crippen molar-refractivity contribution < 1.29 is 0 Å². The molecule has 0 saturated carbocycles. The van der Waals surface area contributed by atoms with Crippen molar-refractivity contribution in [3.63, 3.8) is 0 Å². The van der Waals surface area contributed by atoms with Gasteiger partial charge in [0.1, 0.15) is 0 Å². The van der Waals surface area contributed by atoms with Gasteiger partial charge in [0.25, 0.3) is 0 Å². The molecule has 0 radical (unpaired) electrons. The molecular weight excluding hydrogens is 230 g/mol. The molecule has 0 bridgehead atoms. The average molecular weight is 253 g/mol. The Morgan fingerprint density at radius 3 is 2.71 bits per heavy atom. The van der Waals surface area contributed by atoms with Crippen molar-refractivity contribution in [2.24, 2.45) is 5.73 Å². The molecular formula is C13H23N3S. The predicted octanol–water partition coefficient (Wildman–Crippen LogP) is 1.78. The molecule has 2 rings (SSSR count). The Kier molecular flexibility index (Phi) is 4.98. The molecule has 1 aromatic heterocycles. The van der Waals surface area contributed by atoms with Gasteiger partial charge in [-0.05, 0) is 37.9 Å². The Balaban J connectivity index is 2.00. The summed E-state index contributed by atoms with van der Waals surface area (Å²) in [5.41, 5.74) is 5.66. The minimum absolute atomic E-state index is 0.590. The van der Waals surface area contributed by atoms with Crippen LogP contribution < -0.4 is 5.73 Å². The van der Waals surface area contributed by atoms with E-state index in [1.165, 1.54) is 37.5 Å². The number of rotatable bonds is 5. The molecule has 1 saturated heterocycles. The zero-order valence-corrected chi connectivity index (χ0v) is 11.5. The number of hydrogen-bond acceptors (Lipinski definition) is 4. The molecule has 17 heavy (non-hydrogen) atoms. The van der Waals surface area contributed by atoms with Crippen LogP contribution in [-0.2, 0) is 0 Å². The lowest BCUT2D eigenvalue weighted by molar-refractivity contribution is 0.107. The van der Waals surface area contributed by atoms with Gasteiger partial charge >= 0.3 is 0 Å². The number of nitrogens with two attached hydrogens (primary N) is 1. The molecule has 1 aliphatic rings. The van der Waals surface area contributed by atoms with Crippen molar-refractivity contribution in [3.8, 4) is 0 Å². The van der Waals surface area contributed by atoms with Crippen LogP contribution in [0.3, 0.4) is 0 Å². The summed E-state index contributed by atoms with van der Waals surface area (Å²) in [4.78, 5) is 6.54. The first-order valence-corrected chi connectivity index (χ1v) is 7.35. The summed E-state index contributed by atoms with van der Waals surface area (Å²) in [6.45, 7) is 5.54. The molecule has 4 heteroatoms. The first-order valence-electron chi connectivity index (χ1n) is 6.47. The molecule has 1 atom stereocenters. The highest BCUT2D eigenvalue weighted by Gasteiger charge is 2.23. The summed E-state index contributed by atoms with van der Waals surface area (Å²) in [6.07, 6.45) is 2.32. The van der Waals surface area contributed by atoms with Crippen LogP contribution in [0.1, 0.15) is 23.8 Å². The monoisotopic (exact) mass is 253 g/mol. The lowest BCUT2D eigenvalue weighted by Crippen LogP contribution is -2.45. The van der Waals surface area contributed by atoms with Gasteiger partial charge in [-0.1, -0.05) is 6.07 Å². The van der Waals surface area contributed by atoms with Crippen LogP contribution >= 0.6 is 11.3 Å². The minimum atomic E-state index is 0.590. The van der Waals surface area contributed by atoms with E-state index in [9.17, 15) is 0 Å². The second-order valence-corrected chi connectivity index (χ2v) is 5.78. The molecule has 1 aliphatic heterocycles. The Morgan fingerprint density at radius 2 is 2.12 bits per heavy atom. The normalized spacial score (nSPS) is 20.6. The van der Waals surface area contributed by atoms with Crippen molar-refractivity contribution in [1.82, 2.24) is 9.80 Å². The zero-order valence-electron chi connectivity index (χ0n) is 10.6. The Hall–Kier alpha value is -0.420. The molecule has 0 amide bonds. The van der Waals surface area contributed by atoms with Gasteiger partial charge in [0.15, 0.2) is 0 Å². The van der Waals surface area contributed by atoms with E-state index in [4.69, 9.17) is 5.73 Å². The van der Waals surface area contributed by atoms with E-state index < -0.39 is 0 Å². The van der Waals surface area contributed by atoms with Gasteiger partial charge < -0.3 is 10.6 Å². The first kappa shape index (κ1) is 13.0. The van der Waals surface area contributed by atoms with E-state index in [0.717, 1.165) is 13.0 Å². The highest BCUT2D eigenvalue weighted by Crippen LogP contribution is 2.29. The van der Waals surface area contributed by atoms with Gasteiger partial charge in [0, 0.05) is 37.1 Å². The van der Waals surface area contributed by atoms with E-state index in [0.29, 0.717) is 6.04 Å². The largest absolute Gasteiger partial charge is 0.330 e. The summed E-state index contributed by atoms with van der Waals surface area (Å²) in [5, 5.41) is 2.18. The van der Waals surface area contributed by atoms with Gasteiger partial charge in [-0.15, -0.1) is 11.3 Å². The summed E-state index contributed by atoms with van der Waals surface area (Å²) in [5.74, 6) is 0. The maximum atomic E-state index is 5.66. The predicted molar refractivity (Wildman–Crippen MR) is 74.4 cm³/mol. The van der Waals surface area contributed by atoms with Crippen LogP contribution in [0, 0.1) is 0 Å². The highest BCUT2D eigenvalue weighted by molar-refractivity contribution is 7.10. The molecule has 2 heterocycles. The lowest BCUT2D eigenvalue weighted by Gasteiger charge is -2.37. The fourth-order valence-corrected chi connectivity index (χ4v) is 3.33. The van der Waals surface area contributed by atoms with Crippen LogP contribution in [0.4, 0.5) is 0 Å². The number of hydrogen-bond donors (Lipinski definition) is 1. The average Bonchev–Trinajstić information content (AvgIpc) is 2.85. The third kappa shape index (κ3) is 3.52. The second kappa shape index (κ2) is 6.50. The minimum Gasteiger partial charge on any atom is -0.330 e. The Labute approximate surface area is 108 Å². The first-order chi connectivity index (χ1) is 8.31. The van der Waals surface area contributed by atoms with Gasteiger partial charge in [0.2, 0.25) is 0 Å². The second-order valence-electron chi connectivity index (χ2n) is 4.80. The summed E-state index contributed by atoms with van der Waals surface area (Å²) in [6, 6.07) is 5.02. The molecule has 2 N–H and O–H groups in total. The maximum Gasteiger partial charge on any atom is 0.0443 e. The quantitative estimate of drug-likeness (QED) is 0.868. The molecule has 0 spiro atoms. The maximum absolute atomic E-state index is 5.66. The number of piperazine rings is 1. The lowest BCUT2D eigenvalue weighted by atomic mass is 10.1. The SMILES string of the molecule is CN1CCN(C(CCCN)c2cccs2)CC1. The molecule has 1 unspecified atom stereocenters. The van der Waals surface area contributed by atoms with Gasteiger partial charge in [0.05, 0.1) is 0 Å². The molecule has 0 aromatic carbocycles. The number of nitrogens with zero attached hydrogens (tertiary/aromatic N) is 2. The van der Waals surface area contributed by atoms with Crippen LogP contribution in [-0.4, -0.2) is 49.6 Å². The number of likely N-dealkylation sites (N-methyl/N-ethyl adjacent to an activating group) is 1. The standard InChI is InChI=1S/C13H23N3S/c1-15-7-9-16(10-8-15)12(4-2-6-14)13-5-3-11-17-13/h3,5,11-12H,2,4,6-10,14H2,1H3. The van der Waals surface area contributed by atoms with Crippen molar-refractivity contribution in [3.05, 3.63) is 22.4 Å². The number of thiophene rings is 1. The summed E-state index contributed by atoms with van der Waals surface area (Å²) >= 11 is 1.88. The van der Waals surface area contributed by atoms with E-state index >= 15 is 0 Å². The molecule has 0 aliphatic carbocycles. The topological polar surface area (TPSA) is 32.5 Å². The van der Waals surface area contributed by atoms with E-state index in [2.05, 4.69) is 34.4 Å². The van der Waals surface area contributed by atoms with E-state index in [1.807, 2.05) is 11.3 Å². The summed E-state index contributed by atoms with van der Waals surface area (Å²) < 4.78 is 0. The fraction of sp³-hybridized carbons (Fsp3) is 0.692. The van der Waals surface area contributed by atoms with Crippen LogP contribution in [0.25, 0.3) is 0 Å². The van der Waals surface area contributed by atoms with Crippen molar-refractivity contribution in [1.29, 1.82) is 0 Å². The zero-order chi connectivity index (χ0) is 12.1. The van der Waals surface area contributed by atoms with Crippen LogP contribution in [0.5, 0.6) is 0 Å². The van der Waals surface area contributed by atoms with Gasteiger partial charge in [-0.25, -0.2) is 0 Å². The van der Waals surface area contributed by atoms with E-state index in [1.54, 1.807) is 0 Å². The fourth-order valence-electron chi connectivity index (χ4n) is 2.43. The molecule has 3 nitrogen and oxygen atoms in total. The smallest absolute Gasteiger partial charge is 0.0443 e.